The Balaban J connectivity index is 2.64. The summed E-state index contributed by atoms with van der Waals surface area (Å²) in [5, 5.41) is 3.10. The molecule has 1 atom stereocenters. The number of aliphatic imine (C=N–C) groups is 1. The summed E-state index contributed by atoms with van der Waals surface area (Å²) in [6.45, 7) is 4.10. The second-order valence-electron chi connectivity index (χ2n) is 5.21. The molecule has 1 unspecified atom stereocenters. The molecule has 0 fully saturated rings. The van der Waals surface area contributed by atoms with Crippen molar-refractivity contribution in [2.24, 2.45) is 10.7 Å². The van der Waals surface area contributed by atoms with Crippen LogP contribution in [0.3, 0.4) is 0 Å². The number of hydrogen-bond acceptors (Lipinski definition) is 3. The maximum atomic E-state index is 5.88. The fraction of sp³-hybridized carbons (Fsp3) is 0.533. The average molecular weight is 278 g/mol. The number of nitrogens with zero attached hydrogens (tertiary/aromatic N) is 2. The lowest BCUT2D eigenvalue weighted by Gasteiger charge is -2.15. The standard InChI is InChI=1S/C15H26N4O/c1-12(11-20-4)18-15(16)17-9-13-7-5-6-8-14(13)10-19(2)3/h5-8,12H,9-11H2,1-4H3,(H3,16,17,18). The molecule has 5 heteroatoms. The van der Waals surface area contributed by atoms with E-state index in [0.717, 1.165) is 6.54 Å². The predicted octanol–water partition coefficient (Wildman–Crippen LogP) is 1.19. The van der Waals surface area contributed by atoms with Crippen LogP contribution in [0.5, 0.6) is 0 Å². The molecule has 0 saturated carbocycles. The third-order valence-electron chi connectivity index (χ3n) is 2.84. The number of nitrogens with one attached hydrogen (secondary N) is 1. The van der Waals surface area contributed by atoms with Crippen molar-refractivity contribution < 1.29 is 4.74 Å². The topological polar surface area (TPSA) is 62.9 Å². The molecule has 0 radical (unpaired) electrons. The normalized spacial score (nSPS) is 13.6. The van der Waals surface area contributed by atoms with Crippen LogP contribution in [0.4, 0.5) is 0 Å². The van der Waals surface area contributed by atoms with Gasteiger partial charge in [-0.15, -0.1) is 0 Å². The molecule has 1 aromatic carbocycles. The highest BCUT2D eigenvalue weighted by molar-refractivity contribution is 5.78. The van der Waals surface area contributed by atoms with Gasteiger partial charge in [0.2, 0.25) is 0 Å². The van der Waals surface area contributed by atoms with Gasteiger partial charge in [-0.3, -0.25) is 0 Å². The monoisotopic (exact) mass is 278 g/mol. The van der Waals surface area contributed by atoms with Crippen LogP contribution in [0.2, 0.25) is 0 Å². The second kappa shape index (κ2) is 8.55. The molecular formula is C15H26N4O. The summed E-state index contributed by atoms with van der Waals surface area (Å²) >= 11 is 0. The van der Waals surface area contributed by atoms with Crippen LogP contribution >= 0.6 is 0 Å². The van der Waals surface area contributed by atoms with Crippen LogP contribution in [0.1, 0.15) is 18.1 Å². The van der Waals surface area contributed by atoms with Crippen LogP contribution in [0.25, 0.3) is 0 Å². The Morgan fingerprint density at radius 1 is 1.35 bits per heavy atom. The lowest BCUT2D eigenvalue weighted by Crippen LogP contribution is -2.40. The summed E-state index contributed by atoms with van der Waals surface area (Å²) in [5.41, 5.74) is 8.35. The van der Waals surface area contributed by atoms with Crippen LogP contribution in [-0.2, 0) is 17.8 Å². The third-order valence-corrected chi connectivity index (χ3v) is 2.84. The highest BCUT2D eigenvalue weighted by Crippen LogP contribution is 2.11. The van der Waals surface area contributed by atoms with Crippen LogP contribution in [0, 0.1) is 0 Å². The quantitative estimate of drug-likeness (QED) is 0.581. The number of methoxy groups -OCH3 is 1. The Kier molecular flexibility index (Phi) is 7.04. The number of rotatable bonds is 7. The molecule has 0 aromatic heterocycles. The van der Waals surface area contributed by atoms with Crippen molar-refractivity contribution in [3.8, 4) is 0 Å². The van der Waals surface area contributed by atoms with E-state index in [0.29, 0.717) is 19.1 Å². The number of nitrogens with two attached hydrogens (primary N) is 1. The Hall–Kier alpha value is -1.59. The SMILES string of the molecule is COCC(C)NC(N)=NCc1ccccc1CN(C)C. The van der Waals surface area contributed by atoms with Gasteiger partial charge in [-0.05, 0) is 32.1 Å². The Labute approximate surface area is 121 Å². The first-order chi connectivity index (χ1) is 9.52. The Morgan fingerprint density at radius 2 is 2.00 bits per heavy atom. The third kappa shape index (κ3) is 6.04. The molecule has 0 spiro atoms. The number of hydrogen-bond donors (Lipinski definition) is 2. The molecule has 0 aliphatic rings. The first-order valence-electron chi connectivity index (χ1n) is 6.79. The first kappa shape index (κ1) is 16.5. The van der Waals surface area contributed by atoms with Gasteiger partial charge in [0.1, 0.15) is 0 Å². The fourth-order valence-electron chi connectivity index (χ4n) is 1.97. The van der Waals surface area contributed by atoms with E-state index in [2.05, 4.69) is 41.4 Å². The van der Waals surface area contributed by atoms with E-state index in [9.17, 15) is 0 Å². The molecule has 0 amide bonds. The van der Waals surface area contributed by atoms with E-state index in [1.807, 2.05) is 19.1 Å². The van der Waals surface area contributed by atoms with Gasteiger partial charge in [-0.1, -0.05) is 24.3 Å². The molecular weight excluding hydrogens is 252 g/mol. The van der Waals surface area contributed by atoms with E-state index in [1.54, 1.807) is 7.11 Å². The zero-order valence-electron chi connectivity index (χ0n) is 12.9. The second-order valence-corrected chi connectivity index (χ2v) is 5.21. The summed E-state index contributed by atoms with van der Waals surface area (Å²) in [5.74, 6) is 0.453. The van der Waals surface area contributed by atoms with Crippen molar-refractivity contribution in [2.75, 3.05) is 27.8 Å². The van der Waals surface area contributed by atoms with Crippen LogP contribution in [-0.4, -0.2) is 44.7 Å². The molecule has 0 heterocycles. The molecule has 3 N–H and O–H groups in total. The largest absolute Gasteiger partial charge is 0.383 e. The Morgan fingerprint density at radius 3 is 2.60 bits per heavy atom. The lowest BCUT2D eigenvalue weighted by atomic mass is 10.1. The summed E-state index contributed by atoms with van der Waals surface area (Å²) in [4.78, 5) is 6.54. The van der Waals surface area contributed by atoms with Gasteiger partial charge in [0.15, 0.2) is 5.96 Å². The van der Waals surface area contributed by atoms with Gasteiger partial charge < -0.3 is 20.7 Å². The van der Waals surface area contributed by atoms with Crippen LogP contribution in [0.15, 0.2) is 29.3 Å². The average Bonchev–Trinajstić information content (AvgIpc) is 2.37. The predicted molar refractivity (Wildman–Crippen MR) is 83.6 cm³/mol. The Bertz CT molecular complexity index is 432. The molecule has 0 aliphatic carbocycles. The van der Waals surface area contributed by atoms with Crippen molar-refractivity contribution in [1.29, 1.82) is 0 Å². The van der Waals surface area contributed by atoms with E-state index >= 15 is 0 Å². The lowest BCUT2D eigenvalue weighted by molar-refractivity contribution is 0.179. The molecule has 0 aliphatic heterocycles. The maximum Gasteiger partial charge on any atom is 0.189 e. The summed E-state index contributed by atoms with van der Waals surface area (Å²) in [6, 6.07) is 8.45. The summed E-state index contributed by atoms with van der Waals surface area (Å²) < 4.78 is 5.05. The molecule has 1 aromatic rings. The van der Waals surface area contributed by atoms with Gasteiger partial charge in [0.05, 0.1) is 13.2 Å². The fourth-order valence-corrected chi connectivity index (χ4v) is 1.97. The molecule has 20 heavy (non-hydrogen) atoms. The zero-order chi connectivity index (χ0) is 15.0. The van der Waals surface area contributed by atoms with Gasteiger partial charge in [-0.25, -0.2) is 4.99 Å². The number of ether oxygens (including phenoxy) is 1. The highest BCUT2D eigenvalue weighted by atomic mass is 16.5. The smallest absolute Gasteiger partial charge is 0.189 e. The molecule has 5 nitrogen and oxygen atoms in total. The first-order valence-corrected chi connectivity index (χ1v) is 6.79. The molecule has 0 saturated heterocycles. The molecule has 1 rings (SSSR count). The molecule has 0 bridgehead atoms. The zero-order valence-corrected chi connectivity index (χ0v) is 12.9. The van der Waals surface area contributed by atoms with Crippen molar-refractivity contribution in [3.05, 3.63) is 35.4 Å². The van der Waals surface area contributed by atoms with Crippen LogP contribution < -0.4 is 11.1 Å². The van der Waals surface area contributed by atoms with Crippen molar-refractivity contribution >= 4 is 5.96 Å². The van der Waals surface area contributed by atoms with E-state index in [1.165, 1.54) is 11.1 Å². The number of benzene rings is 1. The van der Waals surface area contributed by atoms with E-state index in [4.69, 9.17) is 10.5 Å². The minimum absolute atomic E-state index is 0.153. The summed E-state index contributed by atoms with van der Waals surface area (Å²) in [6.07, 6.45) is 0. The van der Waals surface area contributed by atoms with Gasteiger partial charge in [0, 0.05) is 19.7 Å². The van der Waals surface area contributed by atoms with Crippen molar-refractivity contribution in [1.82, 2.24) is 10.2 Å². The summed E-state index contributed by atoms with van der Waals surface area (Å²) in [7, 11) is 5.79. The van der Waals surface area contributed by atoms with Crippen molar-refractivity contribution in [2.45, 2.75) is 26.1 Å². The van der Waals surface area contributed by atoms with Gasteiger partial charge in [-0.2, -0.15) is 0 Å². The maximum absolute atomic E-state index is 5.88. The minimum atomic E-state index is 0.153. The van der Waals surface area contributed by atoms with Gasteiger partial charge in [0.25, 0.3) is 0 Å². The molecule has 112 valence electrons. The van der Waals surface area contributed by atoms with Crippen molar-refractivity contribution in [3.63, 3.8) is 0 Å². The van der Waals surface area contributed by atoms with E-state index in [-0.39, 0.29) is 6.04 Å². The van der Waals surface area contributed by atoms with Gasteiger partial charge >= 0.3 is 0 Å². The number of guanidine groups is 1. The van der Waals surface area contributed by atoms with E-state index < -0.39 is 0 Å². The highest BCUT2D eigenvalue weighted by Gasteiger charge is 2.04. The minimum Gasteiger partial charge on any atom is -0.383 e.